The lowest BCUT2D eigenvalue weighted by atomic mass is 9.98. The molecule has 0 aromatic carbocycles. The fourth-order valence-corrected chi connectivity index (χ4v) is 3.70. The second kappa shape index (κ2) is 6.63. The van der Waals surface area contributed by atoms with Crippen molar-refractivity contribution in [3.8, 4) is 0 Å². The van der Waals surface area contributed by atoms with Crippen molar-refractivity contribution in [2.75, 3.05) is 19.7 Å². The summed E-state index contributed by atoms with van der Waals surface area (Å²) < 4.78 is 14.3. The molecule has 1 spiro atoms. The Labute approximate surface area is 142 Å². The molecular weight excluding hydrogens is 304 g/mol. The van der Waals surface area contributed by atoms with Crippen LogP contribution in [0.25, 0.3) is 0 Å². The zero-order valence-electron chi connectivity index (χ0n) is 14.1. The summed E-state index contributed by atoms with van der Waals surface area (Å²) in [5.41, 5.74) is 1.08. The smallest absolute Gasteiger partial charge is 0.122 e. The van der Waals surface area contributed by atoms with Gasteiger partial charge in [-0.1, -0.05) is 6.07 Å². The number of nitrogens with zero attached hydrogens (tertiary/aromatic N) is 4. The van der Waals surface area contributed by atoms with Crippen LogP contribution in [0.15, 0.2) is 36.9 Å². The van der Waals surface area contributed by atoms with Gasteiger partial charge in [-0.3, -0.25) is 9.88 Å². The second-order valence-corrected chi connectivity index (χ2v) is 6.91. The standard InChI is InChI=1S/C18H24N4O2/c1-21-8-6-20-17(21)11-22-7-4-18(14-22)9-16(13-24-18)23-12-15-3-2-5-19-10-15/h2-3,5-6,8,10,16H,4,7,9,11-14H2,1H3. The average molecular weight is 328 g/mol. The summed E-state index contributed by atoms with van der Waals surface area (Å²) in [5, 5.41) is 0. The van der Waals surface area contributed by atoms with E-state index < -0.39 is 0 Å². The average Bonchev–Trinajstić information content (AvgIpc) is 3.30. The summed E-state index contributed by atoms with van der Waals surface area (Å²) in [7, 11) is 2.04. The highest BCUT2D eigenvalue weighted by atomic mass is 16.6. The van der Waals surface area contributed by atoms with Crippen molar-refractivity contribution in [2.24, 2.45) is 7.05 Å². The van der Waals surface area contributed by atoms with Crippen molar-refractivity contribution in [1.82, 2.24) is 19.4 Å². The molecule has 6 nitrogen and oxygen atoms in total. The molecule has 2 saturated heterocycles. The lowest BCUT2D eigenvalue weighted by Crippen LogP contribution is -2.33. The molecule has 0 N–H and O–H groups in total. The van der Waals surface area contributed by atoms with Crippen molar-refractivity contribution in [3.05, 3.63) is 48.3 Å². The number of rotatable bonds is 5. The Hall–Kier alpha value is -1.76. The number of imidazole rings is 1. The molecule has 2 aliphatic rings. The predicted octanol–water partition coefficient (Wildman–Crippen LogP) is 1.77. The number of hydrogen-bond donors (Lipinski definition) is 0. The minimum absolute atomic E-state index is 0.0369. The van der Waals surface area contributed by atoms with Gasteiger partial charge >= 0.3 is 0 Å². The molecule has 4 rings (SSSR count). The number of hydrogen-bond acceptors (Lipinski definition) is 5. The molecule has 0 radical (unpaired) electrons. The van der Waals surface area contributed by atoms with Gasteiger partial charge in [0.1, 0.15) is 5.82 Å². The SMILES string of the molecule is Cn1ccnc1CN1CCC2(CC(OCc3cccnc3)CO2)C1. The maximum absolute atomic E-state index is 6.17. The van der Waals surface area contributed by atoms with Gasteiger partial charge in [0.05, 0.1) is 31.5 Å². The Morgan fingerprint density at radius 3 is 3.17 bits per heavy atom. The maximum atomic E-state index is 6.17. The van der Waals surface area contributed by atoms with Crippen LogP contribution in [0.3, 0.4) is 0 Å². The summed E-state index contributed by atoms with van der Waals surface area (Å²) in [6.07, 6.45) is 9.72. The number of aromatic nitrogens is 3. The zero-order valence-corrected chi connectivity index (χ0v) is 14.1. The van der Waals surface area contributed by atoms with Crippen LogP contribution in [0.1, 0.15) is 24.2 Å². The lowest BCUT2D eigenvalue weighted by Gasteiger charge is -2.23. The molecule has 2 aromatic heterocycles. The maximum Gasteiger partial charge on any atom is 0.122 e. The molecule has 2 unspecified atom stereocenters. The summed E-state index contributed by atoms with van der Waals surface area (Å²) in [4.78, 5) is 11.0. The molecule has 0 aliphatic carbocycles. The molecule has 6 heteroatoms. The molecule has 0 amide bonds. The normalized spacial score (nSPS) is 27.3. The molecule has 2 fully saturated rings. The van der Waals surface area contributed by atoms with Gasteiger partial charge in [0.2, 0.25) is 0 Å². The van der Waals surface area contributed by atoms with E-state index in [0.717, 1.165) is 43.9 Å². The molecule has 0 saturated carbocycles. The van der Waals surface area contributed by atoms with Gasteiger partial charge in [0.25, 0.3) is 0 Å². The van der Waals surface area contributed by atoms with Crippen LogP contribution in [0.4, 0.5) is 0 Å². The number of ether oxygens (including phenoxy) is 2. The highest BCUT2D eigenvalue weighted by Crippen LogP contribution is 2.36. The van der Waals surface area contributed by atoms with Crippen molar-refractivity contribution in [1.29, 1.82) is 0 Å². The Bertz CT molecular complexity index is 675. The molecule has 0 bridgehead atoms. The highest BCUT2D eigenvalue weighted by molar-refractivity contribution is 5.07. The summed E-state index contributed by atoms with van der Waals surface area (Å²) in [6, 6.07) is 3.99. The molecular formula is C18H24N4O2. The number of aryl methyl sites for hydroxylation is 1. The first-order valence-electron chi connectivity index (χ1n) is 8.55. The van der Waals surface area contributed by atoms with Gasteiger partial charge in [-0.25, -0.2) is 4.98 Å². The van der Waals surface area contributed by atoms with Gasteiger partial charge in [0.15, 0.2) is 0 Å². The van der Waals surface area contributed by atoms with Crippen LogP contribution in [0.5, 0.6) is 0 Å². The van der Waals surface area contributed by atoms with E-state index in [1.54, 1.807) is 6.20 Å². The Morgan fingerprint density at radius 2 is 2.38 bits per heavy atom. The molecule has 128 valence electrons. The molecule has 2 aromatic rings. The van der Waals surface area contributed by atoms with E-state index in [4.69, 9.17) is 9.47 Å². The van der Waals surface area contributed by atoms with Crippen molar-refractivity contribution in [3.63, 3.8) is 0 Å². The van der Waals surface area contributed by atoms with Crippen LogP contribution < -0.4 is 0 Å². The van der Waals surface area contributed by atoms with Crippen molar-refractivity contribution >= 4 is 0 Å². The van der Waals surface area contributed by atoms with Gasteiger partial charge in [-0.15, -0.1) is 0 Å². The largest absolute Gasteiger partial charge is 0.371 e. The fraction of sp³-hybridized carbons (Fsp3) is 0.556. The van der Waals surface area contributed by atoms with Gasteiger partial charge < -0.3 is 14.0 Å². The monoisotopic (exact) mass is 328 g/mol. The van der Waals surface area contributed by atoms with Crippen LogP contribution >= 0.6 is 0 Å². The van der Waals surface area contributed by atoms with Gasteiger partial charge in [-0.05, 0) is 18.1 Å². The van der Waals surface area contributed by atoms with Crippen LogP contribution in [-0.2, 0) is 29.7 Å². The first-order chi connectivity index (χ1) is 11.7. The van der Waals surface area contributed by atoms with Gasteiger partial charge in [0, 0.05) is 51.3 Å². The molecule has 4 heterocycles. The topological polar surface area (TPSA) is 52.4 Å². The van der Waals surface area contributed by atoms with E-state index in [1.165, 1.54) is 0 Å². The summed E-state index contributed by atoms with van der Waals surface area (Å²) >= 11 is 0. The quantitative estimate of drug-likeness (QED) is 0.837. The minimum atomic E-state index is -0.0369. The van der Waals surface area contributed by atoms with E-state index in [-0.39, 0.29) is 11.7 Å². The van der Waals surface area contributed by atoms with Crippen LogP contribution in [0.2, 0.25) is 0 Å². The number of likely N-dealkylation sites (tertiary alicyclic amines) is 1. The lowest BCUT2D eigenvalue weighted by molar-refractivity contribution is -0.000585. The van der Waals surface area contributed by atoms with Crippen LogP contribution in [-0.4, -0.2) is 50.8 Å². The Morgan fingerprint density at radius 1 is 1.42 bits per heavy atom. The third-order valence-electron chi connectivity index (χ3n) is 5.06. The summed E-state index contributed by atoms with van der Waals surface area (Å²) in [5.74, 6) is 1.11. The van der Waals surface area contributed by atoms with E-state index in [1.807, 2.05) is 37.8 Å². The van der Waals surface area contributed by atoms with Gasteiger partial charge in [-0.2, -0.15) is 0 Å². The molecule has 2 aliphatic heterocycles. The van der Waals surface area contributed by atoms with E-state index in [9.17, 15) is 0 Å². The van der Waals surface area contributed by atoms with Crippen molar-refractivity contribution in [2.45, 2.75) is 37.7 Å². The second-order valence-electron chi connectivity index (χ2n) is 6.91. The van der Waals surface area contributed by atoms with E-state index >= 15 is 0 Å². The molecule has 24 heavy (non-hydrogen) atoms. The minimum Gasteiger partial charge on any atom is -0.371 e. The van der Waals surface area contributed by atoms with E-state index in [0.29, 0.717) is 13.2 Å². The Balaban J connectivity index is 1.29. The number of pyridine rings is 1. The molecule has 2 atom stereocenters. The highest BCUT2D eigenvalue weighted by Gasteiger charge is 2.45. The Kier molecular flexibility index (Phi) is 4.35. The third kappa shape index (κ3) is 3.36. The van der Waals surface area contributed by atoms with Crippen LogP contribution in [0, 0.1) is 0 Å². The first-order valence-corrected chi connectivity index (χ1v) is 8.55. The summed E-state index contributed by atoms with van der Waals surface area (Å²) in [6.45, 7) is 4.20. The first kappa shape index (κ1) is 15.7. The fourth-order valence-electron chi connectivity index (χ4n) is 3.70. The zero-order chi connectivity index (χ0) is 16.4. The van der Waals surface area contributed by atoms with E-state index in [2.05, 4.69) is 19.4 Å². The third-order valence-corrected chi connectivity index (χ3v) is 5.06. The predicted molar refractivity (Wildman–Crippen MR) is 89.2 cm³/mol. The van der Waals surface area contributed by atoms with Crippen molar-refractivity contribution < 1.29 is 9.47 Å².